The molecule has 0 atom stereocenters. The van der Waals surface area contributed by atoms with Crippen LogP contribution in [0.4, 0.5) is 10.5 Å². The van der Waals surface area contributed by atoms with Crippen LogP contribution >= 0.6 is 0 Å². The van der Waals surface area contributed by atoms with Crippen LogP contribution in [-0.2, 0) is 0 Å². The Morgan fingerprint density at radius 1 is 1.24 bits per heavy atom. The number of hydrogen-bond donors (Lipinski definition) is 1. The molecule has 0 bridgehead atoms. The number of nitrogens with zero attached hydrogens (tertiary/aromatic N) is 6. The zero-order chi connectivity index (χ0) is 17.2. The SMILES string of the molecule is Cc1cnn(-c2ncncc2N2CCN(C(=O)NCC3CC3)CC2)c1. The number of urea groups is 1. The highest BCUT2D eigenvalue weighted by Crippen LogP contribution is 2.27. The highest BCUT2D eigenvalue weighted by molar-refractivity contribution is 5.74. The Kier molecular flexibility index (Phi) is 4.25. The number of carbonyl (C=O) groups excluding carboxylic acids is 1. The first-order chi connectivity index (χ1) is 12.2. The smallest absolute Gasteiger partial charge is 0.317 e. The summed E-state index contributed by atoms with van der Waals surface area (Å²) in [6.45, 7) is 5.73. The summed E-state index contributed by atoms with van der Waals surface area (Å²) >= 11 is 0. The molecule has 2 amide bonds. The van der Waals surface area contributed by atoms with Crippen molar-refractivity contribution in [2.45, 2.75) is 19.8 Å². The third-order valence-corrected chi connectivity index (χ3v) is 4.75. The van der Waals surface area contributed by atoms with Crippen LogP contribution in [0.2, 0.25) is 0 Å². The maximum Gasteiger partial charge on any atom is 0.317 e. The second-order valence-electron chi connectivity index (χ2n) is 6.80. The predicted molar refractivity (Wildman–Crippen MR) is 93.8 cm³/mol. The summed E-state index contributed by atoms with van der Waals surface area (Å²) in [4.78, 5) is 24.9. The molecule has 1 saturated carbocycles. The normalized spacial score (nSPS) is 17.6. The second kappa shape index (κ2) is 6.70. The number of hydrogen-bond acceptors (Lipinski definition) is 5. The summed E-state index contributed by atoms with van der Waals surface area (Å²) < 4.78 is 1.78. The number of anilines is 1. The number of rotatable bonds is 4. The lowest BCUT2D eigenvalue weighted by Crippen LogP contribution is -2.52. The fraction of sp³-hybridized carbons (Fsp3) is 0.529. The van der Waals surface area contributed by atoms with Gasteiger partial charge in [-0.2, -0.15) is 5.10 Å². The summed E-state index contributed by atoms with van der Waals surface area (Å²) in [7, 11) is 0. The average molecular weight is 341 g/mol. The van der Waals surface area contributed by atoms with Crippen molar-refractivity contribution in [2.24, 2.45) is 5.92 Å². The highest BCUT2D eigenvalue weighted by Gasteiger charge is 2.26. The van der Waals surface area contributed by atoms with Crippen LogP contribution in [0.15, 0.2) is 24.9 Å². The van der Waals surface area contributed by atoms with Crippen molar-refractivity contribution >= 4 is 11.7 Å². The van der Waals surface area contributed by atoms with E-state index >= 15 is 0 Å². The standard InChI is InChI=1S/C17H23N7O/c1-13-8-21-24(11-13)16-15(10-18-12-20-16)22-4-6-23(7-5-22)17(25)19-9-14-2-3-14/h8,10-12,14H,2-7,9H2,1H3,(H,19,25). The first-order valence-electron chi connectivity index (χ1n) is 8.80. The molecule has 1 N–H and O–H groups in total. The van der Waals surface area contributed by atoms with Gasteiger partial charge in [-0.3, -0.25) is 0 Å². The Balaban J connectivity index is 1.41. The molecule has 1 aliphatic heterocycles. The van der Waals surface area contributed by atoms with E-state index in [2.05, 4.69) is 25.3 Å². The Morgan fingerprint density at radius 3 is 2.72 bits per heavy atom. The van der Waals surface area contributed by atoms with Gasteiger partial charge in [-0.25, -0.2) is 19.4 Å². The number of aryl methyl sites for hydroxylation is 1. The van der Waals surface area contributed by atoms with Crippen molar-refractivity contribution in [2.75, 3.05) is 37.6 Å². The Bertz CT molecular complexity index is 747. The largest absolute Gasteiger partial charge is 0.364 e. The molecule has 2 fully saturated rings. The summed E-state index contributed by atoms with van der Waals surface area (Å²) in [5.74, 6) is 1.47. The fourth-order valence-electron chi connectivity index (χ4n) is 3.06. The first kappa shape index (κ1) is 15.9. The third-order valence-electron chi connectivity index (χ3n) is 4.75. The van der Waals surface area contributed by atoms with Gasteiger partial charge in [0, 0.05) is 38.9 Å². The lowest BCUT2D eigenvalue weighted by Gasteiger charge is -2.36. The molecule has 0 spiro atoms. The van der Waals surface area contributed by atoms with E-state index in [9.17, 15) is 4.79 Å². The van der Waals surface area contributed by atoms with Crippen LogP contribution in [0.5, 0.6) is 0 Å². The first-order valence-corrected chi connectivity index (χ1v) is 8.80. The minimum Gasteiger partial charge on any atom is -0.364 e. The van der Waals surface area contributed by atoms with Gasteiger partial charge in [-0.05, 0) is 31.2 Å². The molecule has 0 unspecified atom stereocenters. The molecule has 8 nitrogen and oxygen atoms in total. The van der Waals surface area contributed by atoms with Gasteiger partial charge >= 0.3 is 6.03 Å². The van der Waals surface area contributed by atoms with E-state index in [1.807, 2.05) is 30.4 Å². The van der Waals surface area contributed by atoms with Crippen molar-refractivity contribution < 1.29 is 4.79 Å². The monoisotopic (exact) mass is 341 g/mol. The van der Waals surface area contributed by atoms with Crippen molar-refractivity contribution in [1.82, 2.24) is 30.0 Å². The number of nitrogens with one attached hydrogen (secondary N) is 1. The molecule has 132 valence electrons. The van der Waals surface area contributed by atoms with E-state index in [0.29, 0.717) is 19.0 Å². The van der Waals surface area contributed by atoms with Crippen LogP contribution in [0.25, 0.3) is 5.82 Å². The Morgan fingerprint density at radius 2 is 2.04 bits per heavy atom. The molecular weight excluding hydrogens is 318 g/mol. The molecule has 2 aromatic heterocycles. The summed E-state index contributed by atoms with van der Waals surface area (Å²) in [5, 5.41) is 7.40. The van der Waals surface area contributed by atoms with E-state index < -0.39 is 0 Å². The van der Waals surface area contributed by atoms with Crippen LogP contribution < -0.4 is 10.2 Å². The average Bonchev–Trinajstić information content (AvgIpc) is 3.39. The molecule has 4 rings (SSSR count). The summed E-state index contributed by atoms with van der Waals surface area (Å²) in [6, 6.07) is 0.0544. The Hall–Kier alpha value is -2.64. The van der Waals surface area contributed by atoms with Crippen LogP contribution in [0.3, 0.4) is 0 Å². The number of amides is 2. The van der Waals surface area contributed by atoms with E-state index in [4.69, 9.17) is 0 Å². The van der Waals surface area contributed by atoms with Gasteiger partial charge in [0.15, 0.2) is 5.82 Å². The quantitative estimate of drug-likeness (QED) is 0.904. The molecule has 0 aromatic carbocycles. The Labute approximate surface area is 146 Å². The molecule has 1 aliphatic carbocycles. The van der Waals surface area contributed by atoms with Gasteiger partial charge in [-0.1, -0.05) is 0 Å². The van der Waals surface area contributed by atoms with Gasteiger partial charge in [-0.15, -0.1) is 0 Å². The van der Waals surface area contributed by atoms with Crippen molar-refractivity contribution in [3.63, 3.8) is 0 Å². The van der Waals surface area contributed by atoms with Gasteiger partial charge in [0.2, 0.25) is 0 Å². The van der Waals surface area contributed by atoms with Crippen LogP contribution in [-0.4, -0.2) is 63.4 Å². The van der Waals surface area contributed by atoms with Crippen molar-refractivity contribution in [3.05, 3.63) is 30.5 Å². The molecule has 2 aliphatic rings. The van der Waals surface area contributed by atoms with Crippen LogP contribution in [0.1, 0.15) is 18.4 Å². The van der Waals surface area contributed by atoms with Gasteiger partial charge in [0.25, 0.3) is 0 Å². The minimum absolute atomic E-state index is 0.0544. The lowest BCUT2D eigenvalue weighted by molar-refractivity contribution is 0.194. The number of aromatic nitrogens is 4. The van der Waals surface area contributed by atoms with Crippen molar-refractivity contribution in [1.29, 1.82) is 0 Å². The van der Waals surface area contributed by atoms with Gasteiger partial charge < -0.3 is 15.1 Å². The number of carbonyl (C=O) groups is 1. The van der Waals surface area contributed by atoms with Crippen LogP contribution in [0, 0.1) is 12.8 Å². The third kappa shape index (κ3) is 3.57. The topological polar surface area (TPSA) is 79.2 Å². The molecule has 0 radical (unpaired) electrons. The van der Waals surface area contributed by atoms with Crippen molar-refractivity contribution in [3.8, 4) is 5.82 Å². The van der Waals surface area contributed by atoms with E-state index in [-0.39, 0.29) is 6.03 Å². The fourth-order valence-corrected chi connectivity index (χ4v) is 3.06. The van der Waals surface area contributed by atoms with E-state index in [0.717, 1.165) is 36.7 Å². The molecule has 3 heterocycles. The van der Waals surface area contributed by atoms with E-state index in [1.165, 1.54) is 19.2 Å². The minimum atomic E-state index is 0.0544. The maximum absolute atomic E-state index is 12.2. The van der Waals surface area contributed by atoms with Gasteiger partial charge in [0.05, 0.1) is 12.4 Å². The molecule has 25 heavy (non-hydrogen) atoms. The molecule has 1 saturated heterocycles. The van der Waals surface area contributed by atoms with E-state index in [1.54, 1.807) is 4.68 Å². The zero-order valence-corrected chi connectivity index (χ0v) is 14.4. The molecule has 2 aromatic rings. The number of piperazine rings is 1. The predicted octanol–water partition coefficient (Wildman–Crippen LogP) is 1.21. The highest BCUT2D eigenvalue weighted by atomic mass is 16.2. The lowest BCUT2D eigenvalue weighted by atomic mass is 10.3. The maximum atomic E-state index is 12.2. The van der Waals surface area contributed by atoms with Gasteiger partial charge in [0.1, 0.15) is 12.0 Å². The molecular formula is C17H23N7O. The molecule has 8 heteroatoms. The second-order valence-corrected chi connectivity index (χ2v) is 6.80. The summed E-state index contributed by atoms with van der Waals surface area (Å²) in [5.41, 5.74) is 2.03. The zero-order valence-electron chi connectivity index (χ0n) is 14.4. The summed E-state index contributed by atoms with van der Waals surface area (Å²) in [6.07, 6.45) is 9.62.